The smallest absolute Gasteiger partial charge is 0.333 e. The lowest BCUT2D eigenvalue weighted by molar-refractivity contribution is -0.148. The minimum atomic E-state index is -0.291. The molecule has 4 heteroatoms. The van der Waals surface area contributed by atoms with Gasteiger partial charge in [-0.05, 0) is 38.0 Å². The topological polar surface area (TPSA) is 52.6 Å². The van der Waals surface area contributed by atoms with Crippen LogP contribution in [0.1, 0.15) is 32.6 Å². The Morgan fingerprint density at radius 2 is 2.28 bits per heavy atom. The third-order valence-electron chi connectivity index (χ3n) is 4.79. The van der Waals surface area contributed by atoms with Gasteiger partial charge in [0.1, 0.15) is 6.10 Å². The van der Waals surface area contributed by atoms with Crippen LogP contribution in [-0.4, -0.2) is 24.6 Å². The lowest BCUT2D eigenvalue weighted by Gasteiger charge is -2.34. The van der Waals surface area contributed by atoms with Crippen molar-refractivity contribution in [2.24, 2.45) is 17.3 Å². The van der Waals surface area contributed by atoms with E-state index in [1.807, 2.05) is 0 Å². The highest BCUT2D eigenvalue weighted by Gasteiger charge is 2.59. The van der Waals surface area contributed by atoms with Crippen molar-refractivity contribution in [3.8, 4) is 0 Å². The summed E-state index contributed by atoms with van der Waals surface area (Å²) < 4.78 is 10.6. The molecule has 18 heavy (non-hydrogen) atoms. The summed E-state index contributed by atoms with van der Waals surface area (Å²) in [7, 11) is 0. The van der Waals surface area contributed by atoms with Crippen LogP contribution in [0.2, 0.25) is 0 Å². The zero-order valence-electron chi connectivity index (χ0n) is 10.6. The Kier molecular flexibility index (Phi) is 2.50. The number of fused-ring (bicyclic) bond motifs is 3. The van der Waals surface area contributed by atoms with E-state index in [1.165, 1.54) is 0 Å². The lowest BCUT2D eigenvalue weighted by atomic mass is 9.72. The number of cyclic esters (lactones) is 1. The molecule has 0 radical (unpaired) electrons. The first kappa shape index (κ1) is 11.8. The third-order valence-corrected chi connectivity index (χ3v) is 4.79. The van der Waals surface area contributed by atoms with Crippen LogP contribution < -0.4 is 0 Å². The maximum Gasteiger partial charge on any atom is 0.333 e. The van der Waals surface area contributed by atoms with E-state index in [1.54, 1.807) is 6.92 Å². The van der Waals surface area contributed by atoms with E-state index in [4.69, 9.17) is 9.47 Å². The second-order valence-corrected chi connectivity index (χ2v) is 6.06. The minimum Gasteiger partial charge on any atom is -0.465 e. The number of esters is 2. The molecule has 3 unspecified atom stereocenters. The quantitative estimate of drug-likeness (QED) is 0.554. The van der Waals surface area contributed by atoms with Gasteiger partial charge in [0.2, 0.25) is 0 Å². The lowest BCUT2D eigenvalue weighted by Crippen LogP contribution is -2.35. The Labute approximate surface area is 106 Å². The van der Waals surface area contributed by atoms with Crippen LogP contribution >= 0.6 is 0 Å². The molecule has 2 bridgehead atoms. The molecule has 2 aliphatic carbocycles. The highest BCUT2D eigenvalue weighted by molar-refractivity contribution is 5.87. The highest BCUT2D eigenvalue weighted by atomic mass is 16.5. The van der Waals surface area contributed by atoms with E-state index in [9.17, 15) is 9.59 Å². The van der Waals surface area contributed by atoms with Crippen LogP contribution in [0.25, 0.3) is 0 Å². The van der Waals surface area contributed by atoms with Crippen molar-refractivity contribution in [1.82, 2.24) is 0 Å². The zero-order valence-corrected chi connectivity index (χ0v) is 10.6. The van der Waals surface area contributed by atoms with E-state index in [0.717, 1.165) is 19.3 Å². The summed E-state index contributed by atoms with van der Waals surface area (Å²) in [6.45, 7) is 5.83. The van der Waals surface area contributed by atoms with Gasteiger partial charge < -0.3 is 9.47 Å². The zero-order chi connectivity index (χ0) is 12.9. The number of hydrogen-bond donors (Lipinski definition) is 0. The molecular formula is C14H18O4. The number of hydrogen-bond acceptors (Lipinski definition) is 4. The number of rotatable bonds is 2. The SMILES string of the molecule is C=C(C)C(=O)O[C@H]1CC2CC1CC21COC(=O)C1. The van der Waals surface area contributed by atoms with E-state index >= 15 is 0 Å². The van der Waals surface area contributed by atoms with Gasteiger partial charge in [-0.1, -0.05) is 6.58 Å². The molecule has 3 aliphatic rings. The number of carbonyl (C=O) groups is 2. The maximum atomic E-state index is 11.5. The molecular weight excluding hydrogens is 232 g/mol. The third kappa shape index (κ3) is 1.66. The molecule has 4 atom stereocenters. The highest BCUT2D eigenvalue weighted by Crippen LogP contribution is 2.60. The molecule has 1 saturated heterocycles. The molecule has 0 aromatic carbocycles. The first-order valence-electron chi connectivity index (χ1n) is 6.52. The summed E-state index contributed by atoms with van der Waals surface area (Å²) in [4.78, 5) is 22.8. The second kappa shape index (κ2) is 3.84. The first-order valence-corrected chi connectivity index (χ1v) is 6.52. The van der Waals surface area contributed by atoms with Gasteiger partial charge in [0.05, 0.1) is 13.0 Å². The second-order valence-electron chi connectivity index (χ2n) is 6.06. The standard InChI is InChI=1S/C14H18O4/c1-8(2)13(16)18-11-4-10-3-9(11)5-14(10)6-12(15)17-7-14/h9-11H,1,3-7H2,2H3/t9?,10?,11-,14?/m0/s1. The normalized spacial score (nSPS) is 41.2. The van der Waals surface area contributed by atoms with E-state index in [2.05, 4.69) is 6.58 Å². The first-order chi connectivity index (χ1) is 8.50. The molecule has 1 spiro atoms. The number of carbonyl (C=O) groups excluding carboxylic acids is 2. The fourth-order valence-electron chi connectivity index (χ4n) is 3.88. The van der Waals surface area contributed by atoms with Gasteiger partial charge >= 0.3 is 11.9 Å². The van der Waals surface area contributed by atoms with Gasteiger partial charge in [-0.2, -0.15) is 0 Å². The van der Waals surface area contributed by atoms with Crippen molar-refractivity contribution in [1.29, 1.82) is 0 Å². The van der Waals surface area contributed by atoms with E-state index in [0.29, 0.717) is 30.4 Å². The summed E-state index contributed by atoms with van der Waals surface area (Å²) in [5.74, 6) is 0.503. The van der Waals surface area contributed by atoms with Crippen LogP contribution in [0.5, 0.6) is 0 Å². The summed E-state index contributed by atoms with van der Waals surface area (Å²) in [5, 5.41) is 0. The van der Waals surface area contributed by atoms with Crippen molar-refractivity contribution in [2.75, 3.05) is 6.61 Å². The molecule has 1 heterocycles. The summed E-state index contributed by atoms with van der Waals surface area (Å²) in [6, 6.07) is 0. The maximum absolute atomic E-state index is 11.5. The summed E-state index contributed by atoms with van der Waals surface area (Å²) in [5.41, 5.74) is 0.500. The van der Waals surface area contributed by atoms with Crippen LogP contribution in [0.4, 0.5) is 0 Å². The Bertz CT molecular complexity index is 428. The Balaban J connectivity index is 1.66. The van der Waals surface area contributed by atoms with Crippen LogP contribution in [0.15, 0.2) is 12.2 Å². The van der Waals surface area contributed by atoms with Crippen molar-refractivity contribution in [3.63, 3.8) is 0 Å². The average Bonchev–Trinajstić information content (AvgIpc) is 2.94. The van der Waals surface area contributed by atoms with Gasteiger partial charge in [0, 0.05) is 11.0 Å². The Hall–Kier alpha value is -1.32. The molecule has 3 rings (SSSR count). The average molecular weight is 250 g/mol. The predicted octanol–water partition coefficient (Wildman–Crippen LogP) is 1.84. The monoisotopic (exact) mass is 250 g/mol. The van der Waals surface area contributed by atoms with Gasteiger partial charge in [0.25, 0.3) is 0 Å². The Morgan fingerprint density at radius 3 is 2.78 bits per heavy atom. The van der Waals surface area contributed by atoms with Crippen LogP contribution in [-0.2, 0) is 19.1 Å². The van der Waals surface area contributed by atoms with Crippen molar-refractivity contribution < 1.29 is 19.1 Å². The molecule has 4 nitrogen and oxygen atoms in total. The van der Waals surface area contributed by atoms with Crippen molar-refractivity contribution in [3.05, 3.63) is 12.2 Å². The molecule has 0 amide bonds. The fourth-order valence-corrected chi connectivity index (χ4v) is 3.88. The van der Waals surface area contributed by atoms with Gasteiger partial charge in [-0.25, -0.2) is 4.79 Å². The van der Waals surface area contributed by atoms with Crippen molar-refractivity contribution in [2.45, 2.75) is 38.7 Å². The molecule has 2 saturated carbocycles. The molecule has 0 N–H and O–H groups in total. The number of ether oxygens (including phenoxy) is 2. The molecule has 0 aromatic heterocycles. The van der Waals surface area contributed by atoms with Crippen LogP contribution in [0, 0.1) is 17.3 Å². The predicted molar refractivity (Wildman–Crippen MR) is 63.5 cm³/mol. The molecule has 3 fully saturated rings. The largest absolute Gasteiger partial charge is 0.465 e. The van der Waals surface area contributed by atoms with E-state index < -0.39 is 0 Å². The van der Waals surface area contributed by atoms with Crippen LogP contribution in [0.3, 0.4) is 0 Å². The Morgan fingerprint density at radius 1 is 1.50 bits per heavy atom. The van der Waals surface area contributed by atoms with Crippen molar-refractivity contribution >= 4 is 11.9 Å². The fraction of sp³-hybridized carbons (Fsp3) is 0.714. The summed E-state index contributed by atoms with van der Waals surface area (Å²) >= 11 is 0. The molecule has 98 valence electrons. The molecule has 1 aliphatic heterocycles. The van der Waals surface area contributed by atoms with E-state index in [-0.39, 0.29) is 23.5 Å². The van der Waals surface area contributed by atoms with Gasteiger partial charge in [-0.15, -0.1) is 0 Å². The van der Waals surface area contributed by atoms with Gasteiger partial charge in [0.15, 0.2) is 0 Å². The molecule has 0 aromatic rings. The minimum absolute atomic E-state index is 0.0144. The van der Waals surface area contributed by atoms with Gasteiger partial charge in [-0.3, -0.25) is 4.79 Å². The summed E-state index contributed by atoms with van der Waals surface area (Å²) in [6.07, 6.45) is 3.46.